The monoisotopic (exact) mass is 282 g/mol. The largest absolute Gasteiger partial charge is 0.493 e. The molecule has 0 spiro atoms. The molecule has 1 aromatic carbocycles. The zero-order chi connectivity index (χ0) is 14.8. The van der Waals surface area contributed by atoms with E-state index in [0.29, 0.717) is 31.2 Å². The normalized spacial score (nSPS) is 9.95. The Hall–Kier alpha value is -1.95. The number of nitrogens with one attached hydrogen (secondary N) is 2. The topological polar surface area (TPSA) is 68.8 Å². The van der Waals surface area contributed by atoms with Crippen molar-refractivity contribution >= 4 is 6.03 Å². The number of hydrogen-bond donors (Lipinski definition) is 2. The van der Waals surface area contributed by atoms with Crippen molar-refractivity contribution in [3.63, 3.8) is 0 Å². The fraction of sp³-hybridized carbons (Fsp3) is 0.500. The lowest BCUT2D eigenvalue weighted by atomic mass is 10.2. The molecule has 0 aliphatic heterocycles. The number of carbonyl (C=O) groups is 1. The quantitative estimate of drug-likeness (QED) is 0.710. The maximum atomic E-state index is 11.5. The predicted octanol–water partition coefficient (Wildman–Crippen LogP) is 1.54. The molecule has 1 aromatic rings. The number of carbonyl (C=O) groups excluding carboxylic acids is 1. The van der Waals surface area contributed by atoms with Gasteiger partial charge in [-0.25, -0.2) is 4.79 Å². The first kappa shape index (κ1) is 16.1. The van der Waals surface area contributed by atoms with Crippen LogP contribution in [0.2, 0.25) is 0 Å². The van der Waals surface area contributed by atoms with Gasteiger partial charge >= 0.3 is 6.03 Å². The van der Waals surface area contributed by atoms with Crippen LogP contribution in [0, 0.1) is 0 Å². The molecule has 0 unspecified atom stereocenters. The van der Waals surface area contributed by atoms with Crippen molar-refractivity contribution in [2.75, 3.05) is 34.5 Å². The number of hydrogen-bond acceptors (Lipinski definition) is 4. The van der Waals surface area contributed by atoms with Gasteiger partial charge in [0.05, 0.1) is 14.2 Å². The van der Waals surface area contributed by atoms with Crippen molar-refractivity contribution in [2.45, 2.75) is 13.0 Å². The Morgan fingerprint density at radius 1 is 1.10 bits per heavy atom. The molecule has 0 bridgehead atoms. The Labute approximate surface area is 119 Å². The second-order valence-corrected chi connectivity index (χ2v) is 4.15. The Morgan fingerprint density at radius 3 is 2.50 bits per heavy atom. The number of benzene rings is 1. The van der Waals surface area contributed by atoms with Crippen molar-refractivity contribution in [2.24, 2.45) is 0 Å². The highest BCUT2D eigenvalue weighted by molar-refractivity contribution is 5.73. The Kier molecular flexibility index (Phi) is 7.27. The number of urea groups is 1. The minimum absolute atomic E-state index is 0.198. The summed E-state index contributed by atoms with van der Waals surface area (Å²) in [6, 6.07) is 5.33. The van der Waals surface area contributed by atoms with Crippen LogP contribution in [-0.2, 0) is 11.3 Å². The van der Waals surface area contributed by atoms with Crippen LogP contribution < -0.4 is 20.1 Å². The van der Waals surface area contributed by atoms with Gasteiger partial charge in [-0.15, -0.1) is 0 Å². The van der Waals surface area contributed by atoms with E-state index in [9.17, 15) is 4.79 Å². The molecule has 0 aliphatic carbocycles. The van der Waals surface area contributed by atoms with Crippen molar-refractivity contribution in [3.05, 3.63) is 23.8 Å². The van der Waals surface area contributed by atoms with Crippen LogP contribution >= 0.6 is 0 Å². The van der Waals surface area contributed by atoms with Crippen molar-refractivity contribution in [3.8, 4) is 11.5 Å². The average molecular weight is 282 g/mol. The van der Waals surface area contributed by atoms with E-state index in [2.05, 4.69) is 10.6 Å². The molecular weight excluding hydrogens is 260 g/mol. The SMILES string of the molecule is COCCCNC(=O)NCc1ccc(OC)c(OC)c1. The third-order valence-electron chi connectivity index (χ3n) is 2.71. The van der Waals surface area contributed by atoms with Gasteiger partial charge in [0.2, 0.25) is 0 Å². The molecule has 0 saturated heterocycles. The van der Waals surface area contributed by atoms with E-state index in [4.69, 9.17) is 14.2 Å². The zero-order valence-electron chi connectivity index (χ0n) is 12.2. The van der Waals surface area contributed by atoms with Crippen LogP contribution in [-0.4, -0.2) is 40.5 Å². The Morgan fingerprint density at radius 2 is 1.85 bits per heavy atom. The van der Waals surface area contributed by atoms with Gasteiger partial charge in [-0.05, 0) is 24.1 Å². The van der Waals surface area contributed by atoms with E-state index >= 15 is 0 Å². The molecule has 1 rings (SSSR count). The van der Waals surface area contributed by atoms with Crippen LogP contribution in [0.4, 0.5) is 4.79 Å². The number of methoxy groups -OCH3 is 3. The Bertz CT molecular complexity index is 424. The van der Waals surface area contributed by atoms with E-state index in [-0.39, 0.29) is 6.03 Å². The van der Waals surface area contributed by atoms with Crippen LogP contribution in [0.15, 0.2) is 18.2 Å². The molecule has 112 valence electrons. The van der Waals surface area contributed by atoms with Gasteiger partial charge in [0.15, 0.2) is 11.5 Å². The third kappa shape index (κ3) is 5.36. The summed E-state index contributed by atoms with van der Waals surface area (Å²) in [7, 11) is 4.80. The number of ether oxygens (including phenoxy) is 3. The minimum Gasteiger partial charge on any atom is -0.493 e. The van der Waals surface area contributed by atoms with E-state index in [1.807, 2.05) is 18.2 Å². The lowest BCUT2D eigenvalue weighted by Crippen LogP contribution is -2.35. The maximum Gasteiger partial charge on any atom is 0.315 e. The van der Waals surface area contributed by atoms with Crippen molar-refractivity contribution < 1.29 is 19.0 Å². The highest BCUT2D eigenvalue weighted by Gasteiger charge is 2.05. The second kappa shape index (κ2) is 9.03. The molecule has 0 heterocycles. The van der Waals surface area contributed by atoms with Gasteiger partial charge < -0.3 is 24.8 Å². The summed E-state index contributed by atoms with van der Waals surface area (Å²) in [5, 5.41) is 5.53. The highest BCUT2D eigenvalue weighted by Crippen LogP contribution is 2.27. The first-order valence-electron chi connectivity index (χ1n) is 6.42. The molecule has 0 aliphatic rings. The van der Waals surface area contributed by atoms with Crippen LogP contribution in [0.3, 0.4) is 0 Å². The smallest absolute Gasteiger partial charge is 0.315 e. The summed E-state index contributed by atoms with van der Waals surface area (Å²) in [5.74, 6) is 1.31. The molecule has 0 saturated carbocycles. The Balaban J connectivity index is 2.39. The molecule has 0 radical (unpaired) electrons. The summed E-state index contributed by atoms with van der Waals surface area (Å²) in [6.45, 7) is 1.65. The zero-order valence-corrected chi connectivity index (χ0v) is 12.2. The minimum atomic E-state index is -0.198. The first-order chi connectivity index (χ1) is 9.71. The fourth-order valence-electron chi connectivity index (χ4n) is 1.65. The van der Waals surface area contributed by atoms with E-state index in [1.165, 1.54) is 0 Å². The van der Waals surface area contributed by atoms with E-state index < -0.39 is 0 Å². The molecule has 0 aromatic heterocycles. The van der Waals surface area contributed by atoms with Gasteiger partial charge in [-0.1, -0.05) is 6.07 Å². The standard InChI is InChI=1S/C14H22N2O4/c1-18-8-4-7-15-14(17)16-10-11-5-6-12(19-2)13(9-11)20-3/h5-6,9H,4,7-8,10H2,1-3H3,(H2,15,16,17). The summed E-state index contributed by atoms with van der Waals surface area (Å²) >= 11 is 0. The molecule has 2 amide bonds. The summed E-state index contributed by atoms with van der Waals surface area (Å²) in [4.78, 5) is 11.5. The van der Waals surface area contributed by atoms with Gasteiger partial charge in [-0.3, -0.25) is 0 Å². The number of amides is 2. The fourth-order valence-corrected chi connectivity index (χ4v) is 1.65. The molecule has 6 nitrogen and oxygen atoms in total. The lowest BCUT2D eigenvalue weighted by Gasteiger charge is -2.11. The van der Waals surface area contributed by atoms with Crippen LogP contribution in [0.25, 0.3) is 0 Å². The molecule has 20 heavy (non-hydrogen) atoms. The first-order valence-corrected chi connectivity index (χ1v) is 6.42. The van der Waals surface area contributed by atoms with Crippen LogP contribution in [0.5, 0.6) is 11.5 Å². The number of rotatable bonds is 8. The summed E-state index contributed by atoms with van der Waals surface area (Å²) in [6.07, 6.45) is 0.792. The molecule has 6 heteroatoms. The predicted molar refractivity (Wildman–Crippen MR) is 76.3 cm³/mol. The third-order valence-corrected chi connectivity index (χ3v) is 2.71. The highest BCUT2D eigenvalue weighted by atomic mass is 16.5. The summed E-state index contributed by atoms with van der Waals surface area (Å²) in [5.41, 5.74) is 0.940. The van der Waals surface area contributed by atoms with Gasteiger partial charge in [-0.2, -0.15) is 0 Å². The van der Waals surface area contributed by atoms with Gasteiger partial charge in [0.1, 0.15) is 0 Å². The molecule has 0 atom stereocenters. The molecule has 2 N–H and O–H groups in total. The second-order valence-electron chi connectivity index (χ2n) is 4.15. The molecular formula is C14H22N2O4. The van der Waals surface area contributed by atoms with Gasteiger partial charge in [0, 0.05) is 26.8 Å². The van der Waals surface area contributed by atoms with Crippen LogP contribution in [0.1, 0.15) is 12.0 Å². The average Bonchev–Trinajstić information content (AvgIpc) is 2.49. The van der Waals surface area contributed by atoms with Gasteiger partial charge in [0.25, 0.3) is 0 Å². The van der Waals surface area contributed by atoms with Crippen molar-refractivity contribution in [1.29, 1.82) is 0 Å². The van der Waals surface area contributed by atoms with E-state index in [0.717, 1.165) is 12.0 Å². The van der Waals surface area contributed by atoms with Crippen molar-refractivity contribution in [1.82, 2.24) is 10.6 Å². The molecule has 0 fully saturated rings. The van der Waals surface area contributed by atoms with E-state index in [1.54, 1.807) is 21.3 Å². The lowest BCUT2D eigenvalue weighted by molar-refractivity contribution is 0.193. The summed E-state index contributed by atoms with van der Waals surface area (Å²) < 4.78 is 15.3. The maximum absolute atomic E-state index is 11.5.